The summed E-state index contributed by atoms with van der Waals surface area (Å²) in [5, 5.41) is 9.75. The Balaban J connectivity index is 2.95. The molecule has 0 saturated heterocycles. The van der Waals surface area contributed by atoms with Gasteiger partial charge in [0.15, 0.2) is 5.60 Å². The van der Waals surface area contributed by atoms with Crippen molar-refractivity contribution >= 4 is 12.4 Å². The zero-order chi connectivity index (χ0) is 10.6. The molecule has 1 aromatic carbocycles. The molecule has 0 aromatic heterocycles. The summed E-state index contributed by atoms with van der Waals surface area (Å²) in [5.74, 6) is -0.987. The second-order valence-corrected chi connectivity index (χ2v) is 2.94. The van der Waals surface area contributed by atoms with Crippen molar-refractivity contribution in [1.82, 2.24) is 0 Å². The molecule has 14 heavy (non-hydrogen) atoms. The Morgan fingerprint density at radius 3 is 2.50 bits per heavy atom. The normalized spacial score (nSPS) is 14.1. The van der Waals surface area contributed by atoms with Crippen molar-refractivity contribution in [2.24, 2.45) is 0 Å². The van der Waals surface area contributed by atoms with Crippen molar-refractivity contribution in [1.29, 1.82) is 0 Å². The Bertz CT molecular complexity index is 329. The summed E-state index contributed by atoms with van der Waals surface area (Å²) in [5.41, 5.74) is -1.41. The molecule has 1 aromatic rings. The van der Waals surface area contributed by atoms with Crippen molar-refractivity contribution in [3.63, 3.8) is 0 Å². The van der Waals surface area contributed by atoms with Gasteiger partial charge in [-0.2, -0.15) is 0 Å². The van der Waals surface area contributed by atoms with Crippen molar-refractivity contribution in [2.75, 3.05) is 0 Å². The van der Waals surface area contributed by atoms with Crippen molar-refractivity contribution in [2.45, 2.75) is 12.5 Å². The van der Waals surface area contributed by atoms with Gasteiger partial charge in [-0.1, -0.05) is 30.3 Å². The third-order valence-electron chi connectivity index (χ3n) is 1.89. The van der Waals surface area contributed by atoms with Crippen LogP contribution in [0.4, 0.5) is 0 Å². The highest BCUT2D eigenvalue weighted by Crippen LogP contribution is 2.21. The summed E-state index contributed by atoms with van der Waals surface area (Å²) in [6.07, 6.45) is 0. The van der Waals surface area contributed by atoms with E-state index in [0.29, 0.717) is 5.56 Å². The fraction of sp³-hybridized carbons (Fsp3) is 0.200. The van der Waals surface area contributed by atoms with Crippen LogP contribution in [-0.2, 0) is 19.9 Å². The molecule has 0 aliphatic rings. The van der Waals surface area contributed by atoms with Gasteiger partial charge in [0, 0.05) is 0 Å². The number of hydrogen-bond acceptors (Lipinski definition) is 4. The van der Waals surface area contributed by atoms with Crippen LogP contribution in [0.5, 0.6) is 0 Å². The van der Waals surface area contributed by atoms with E-state index in [0.717, 1.165) is 0 Å². The number of hydrogen-bond donors (Lipinski definition) is 1. The minimum atomic E-state index is -1.79. The molecule has 0 radical (unpaired) electrons. The maximum Gasteiger partial charge on any atom is 0.349 e. The highest BCUT2D eigenvalue weighted by atomic mass is 16.6. The Kier molecular flexibility index (Phi) is 2.99. The van der Waals surface area contributed by atoms with Crippen LogP contribution in [0, 0.1) is 0 Å². The fourth-order valence-corrected chi connectivity index (χ4v) is 1.04. The zero-order valence-corrected chi connectivity index (χ0v) is 7.64. The van der Waals surface area contributed by atoms with Crippen molar-refractivity contribution in [3.05, 3.63) is 35.9 Å². The number of carbonyl (C=O) groups is 2. The maximum atomic E-state index is 11.2. The molecule has 1 N–H and O–H groups in total. The fourth-order valence-electron chi connectivity index (χ4n) is 1.04. The minimum absolute atomic E-state index is 0.000255. The summed E-state index contributed by atoms with van der Waals surface area (Å²) in [6, 6.07) is 8.26. The average molecular weight is 194 g/mol. The van der Waals surface area contributed by atoms with Gasteiger partial charge in [-0.15, -0.1) is 0 Å². The summed E-state index contributed by atoms with van der Waals surface area (Å²) in [6.45, 7) is 1.27. The number of esters is 1. The van der Waals surface area contributed by atoms with Crippen LogP contribution in [0.2, 0.25) is 0 Å². The molecule has 4 heteroatoms. The molecule has 0 saturated carbocycles. The van der Waals surface area contributed by atoms with E-state index < -0.39 is 11.6 Å². The summed E-state index contributed by atoms with van der Waals surface area (Å²) >= 11 is 0. The second kappa shape index (κ2) is 4.02. The second-order valence-electron chi connectivity index (χ2n) is 2.94. The van der Waals surface area contributed by atoms with Gasteiger partial charge in [0.1, 0.15) is 0 Å². The largest absolute Gasteiger partial charge is 0.393 e. The van der Waals surface area contributed by atoms with Gasteiger partial charge in [0.2, 0.25) is 0 Å². The zero-order valence-electron chi connectivity index (χ0n) is 7.64. The van der Waals surface area contributed by atoms with E-state index in [2.05, 4.69) is 4.74 Å². The van der Waals surface area contributed by atoms with Crippen LogP contribution in [0.1, 0.15) is 12.5 Å². The van der Waals surface area contributed by atoms with E-state index in [-0.39, 0.29) is 6.47 Å². The number of benzene rings is 1. The average Bonchev–Trinajstić information content (AvgIpc) is 2.19. The molecular formula is C10H10O4. The van der Waals surface area contributed by atoms with Crippen LogP contribution in [0.15, 0.2) is 30.3 Å². The lowest BCUT2D eigenvalue weighted by Crippen LogP contribution is -2.33. The minimum Gasteiger partial charge on any atom is -0.393 e. The molecule has 0 heterocycles. The molecule has 1 atom stereocenters. The van der Waals surface area contributed by atoms with Gasteiger partial charge in [0.25, 0.3) is 0 Å². The molecule has 0 aliphatic heterocycles. The van der Waals surface area contributed by atoms with Crippen LogP contribution in [-0.4, -0.2) is 17.5 Å². The van der Waals surface area contributed by atoms with Gasteiger partial charge >= 0.3 is 12.4 Å². The number of aliphatic hydroxyl groups is 1. The number of rotatable bonds is 3. The standard InChI is InChI=1S/C10H10O4/c1-10(13,9(12)14-7-11)8-5-3-2-4-6-8/h2-7,13H,1H3. The van der Waals surface area contributed by atoms with E-state index in [9.17, 15) is 14.7 Å². The molecule has 0 aliphatic carbocycles. The summed E-state index contributed by atoms with van der Waals surface area (Å²) < 4.78 is 4.09. The van der Waals surface area contributed by atoms with E-state index in [1.807, 2.05) is 0 Å². The Hall–Kier alpha value is -1.68. The Morgan fingerprint density at radius 2 is 2.00 bits per heavy atom. The smallest absolute Gasteiger partial charge is 0.349 e. The van der Waals surface area contributed by atoms with Gasteiger partial charge in [-0.05, 0) is 12.5 Å². The molecular weight excluding hydrogens is 184 g/mol. The SMILES string of the molecule is CC(O)(C(=O)OC=O)c1ccccc1. The molecule has 1 unspecified atom stereocenters. The summed E-state index contributed by atoms with van der Waals surface area (Å²) in [4.78, 5) is 21.1. The van der Waals surface area contributed by atoms with Gasteiger partial charge < -0.3 is 9.84 Å². The first kappa shape index (κ1) is 10.4. The Morgan fingerprint density at radius 1 is 1.43 bits per heavy atom. The topological polar surface area (TPSA) is 63.6 Å². The van der Waals surface area contributed by atoms with Gasteiger partial charge in [0.05, 0.1) is 0 Å². The first-order chi connectivity index (χ1) is 6.59. The lowest BCUT2D eigenvalue weighted by molar-refractivity contribution is -0.167. The summed E-state index contributed by atoms with van der Waals surface area (Å²) in [7, 11) is 0. The van der Waals surface area contributed by atoms with Crippen LogP contribution in [0.3, 0.4) is 0 Å². The monoisotopic (exact) mass is 194 g/mol. The Labute approximate surface area is 81.1 Å². The van der Waals surface area contributed by atoms with Crippen LogP contribution < -0.4 is 0 Å². The van der Waals surface area contributed by atoms with E-state index >= 15 is 0 Å². The molecule has 74 valence electrons. The molecule has 0 amide bonds. The maximum absolute atomic E-state index is 11.2. The third-order valence-corrected chi connectivity index (χ3v) is 1.89. The van der Waals surface area contributed by atoms with Crippen LogP contribution in [0.25, 0.3) is 0 Å². The van der Waals surface area contributed by atoms with Gasteiger partial charge in [-0.25, -0.2) is 4.79 Å². The molecule has 0 bridgehead atoms. The van der Waals surface area contributed by atoms with Crippen molar-refractivity contribution < 1.29 is 19.4 Å². The molecule has 4 nitrogen and oxygen atoms in total. The quantitative estimate of drug-likeness (QED) is 0.434. The van der Waals surface area contributed by atoms with E-state index in [1.54, 1.807) is 30.3 Å². The van der Waals surface area contributed by atoms with Gasteiger partial charge in [-0.3, -0.25) is 4.79 Å². The molecule has 0 fully saturated rings. The van der Waals surface area contributed by atoms with E-state index in [4.69, 9.17) is 0 Å². The predicted octanol–water partition coefficient (Wildman–Crippen LogP) is 0.594. The predicted molar refractivity (Wildman–Crippen MR) is 48.2 cm³/mol. The first-order valence-corrected chi connectivity index (χ1v) is 4.01. The molecule has 0 spiro atoms. The lowest BCUT2D eigenvalue weighted by atomic mass is 9.96. The van der Waals surface area contributed by atoms with Crippen molar-refractivity contribution in [3.8, 4) is 0 Å². The van der Waals surface area contributed by atoms with E-state index in [1.165, 1.54) is 6.92 Å². The molecule has 1 rings (SSSR count). The lowest BCUT2D eigenvalue weighted by Gasteiger charge is -2.19. The highest BCUT2D eigenvalue weighted by molar-refractivity contribution is 5.85. The first-order valence-electron chi connectivity index (χ1n) is 4.01. The number of carbonyl (C=O) groups excluding carboxylic acids is 2. The van der Waals surface area contributed by atoms with Crippen LogP contribution >= 0.6 is 0 Å². The third kappa shape index (κ3) is 1.97. The highest BCUT2D eigenvalue weighted by Gasteiger charge is 2.34. The number of ether oxygens (including phenoxy) is 1.